The quantitative estimate of drug-likeness (QED) is 0.499. The number of hydrogen-bond acceptors (Lipinski definition) is 0. The van der Waals surface area contributed by atoms with E-state index in [4.69, 9.17) is 0 Å². The van der Waals surface area contributed by atoms with Gasteiger partial charge in [0, 0.05) is 8.80 Å². The highest BCUT2D eigenvalue weighted by molar-refractivity contribution is 6.55. The zero-order valence-electron chi connectivity index (χ0n) is 5.00. The molecule has 0 fully saturated rings. The van der Waals surface area contributed by atoms with Gasteiger partial charge in [-0.25, -0.2) is 0 Å². The first-order valence-corrected chi connectivity index (χ1v) is 5.33. The average Bonchev–Trinajstić information content (AvgIpc) is 1.61. The highest BCUT2D eigenvalue weighted by atomic mass is 28.3. The third-order valence-corrected chi connectivity index (χ3v) is 2.16. The number of hydrogen-bond donors (Lipinski definition) is 0. The molecule has 0 aliphatic rings. The molecule has 0 unspecified atom stereocenters. The van der Waals surface area contributed by atoms with Gasteiger partial charge >= 0.3 is 0 Å². The van der Waals surface area contributed by atoms with Crippen LogP contribution in [0.1, 0.15) is 6.42 Å². The van der Waals surface area contributed by atoms with Crippen LogP contribution in [0.5, 0.6) is 0 Å². The Balaban J connectivity index is 2.68. The van der Waals surface area contributed by atoms with E-state index in [0.717, 1.165) is 12.5 Å². The molecule has 0 saturated heterocycles. The van der Waals surface area contributed by atoms with Crippen molar-refractivity contribution < 1.29 is 4.39 Å². The molecule has 0 aliphatic heterocycles. The maximum atomic E-state index is 11.4. The molecule has 0 heterocycles. The summed E-state index contributed by atoms with van der Waals surface area (Å²) in [5.41, 5.74) is 0. The smallest absolute Gasteiger partial charge is 0.0891 e. The maximum absolute atomic E-state index is 11.4. The van der Waals surface area contributed by atoms with Crippen molar-refractivity contribution in [2.24, 2.45) is 0 Å². The molecule has 0 aliphatic carbocycles. The largest absolute Gasteiger partial charge is 0.251 e. The number of rotatable bonds is 3. The first-order chi connectivity index (χ1) is 3.27. The molecule has 0 nitrogen and oxygen atoms in total. The molecule has 0 aromatic heterocycles. The Bertz CT molecular complexity index is 37.1. The van der Waals surface area contributed by atoms with Crippen LogP contribution in [0.25, 0.3) is 0 Å². The molecule has 7 heavy (non-hydrogen) atoms. The maximum Gasteiger partial charge on any atom is 0.0891 e. The van der Waals surface area contributed by atoms with E-state index in [9.17, 15) is 4.39 Å². The SMILES string of the molecule is C[Si](C)CCCF. The minimum atomic E-state index is -0.137. The van der Waals surface area contributed by atoms with Crippen molar-refractivity contribution in [1.29, 1.82) is 0 Å². The second-order valence-electron chi connectivity index (χ2n) is 2.00. The molecule has 1 radical (unpaired) electrons. The van der Waals surface area contributed by atoms with Crippen molar-refractivity contribution in [3.05, 3.63) is 0 Å². The van der Waals surface area contributed by atoms with Gasteiger partial charge in [0.1, 0.15) is 0 Å². The summed E-state index contributed by atoms with van der Waals surface area (Å²) in [5.74, 6) is 0. The van der Waals surface area contributed by atoms with Gasteiger partial charge in [0.05, 0.1) is 6.67 Å². The summed E-state index contributed by atoms with van der Waals surface area (Å²) in [7, 11) is -0.137. The predicted octanol–water partition coefficient (Wildman–Crippen LogP) is 2.10. The summed E-state index contributed by atoms with van der Waals surface area (Å²) in [4.78, 5) is 0. The summed E-state index contributed by atoms with van der Waals surface area (Å²) in [6, 6.07) is 1.13. The molecule has 43 valence electrons. The van der Waals surface area contributed by atoms with Gasteiger partial charge in [-0.1, -0.05) is 19.1 Å². The minimum absolute atomic E-state index is 0.129. The molecule has 0 saturated carbocycles. The minimum Gasteiger partial charge on any atom is -0.251 e. The van der Waals surface area contributed by atoms with Crippen LogP contribution in [0, 0.1) is 0 Å². The van der Waals surface area contributed by atoms with Crippen molar-refractivity contribution in [3.8, 4) is 0 Å². The summed E-state index contributed by atoms with van der Waals surface area (Å²) in [5, 5.41) is 0. The molecule has 0 atom stereocenters. The molecule has 0 N–H and O–H groups in total. The van der Waals surface area contributed by atoms with Gasteiger partial charge in [-0.2, -0.15) is 0 Å². The molecule has 0 spiro atoms. The van der Waals surface area contributed by atoms with Gasteiger partial charge in [0.2, 0.25) is 0 Å². The Morgan fingerprint density at radius 1 is 1.43 bits per heavy atom. The van der Waals surface area contributed by atoms with E-state index in [0.29, 0.717) is 0 Å². The summed E-state index contributed by atoms with van der Waals surface area (Å²) >= 11 is 0. The zero-order chi connectivity index (χ0) is 5.70. The zero-order valence-corrected chi connectivity index (χ0v) is 6.00. The Morgan fingerprint density at radius 3 is 2.14 bits per heavy atom. The van der Waals surface area contributed by atoms with E-state index >= 15 is 0 Å². The molecule has 0 bridgehead atoms. The monoisotopic (exact) mass is 119 g/mol. The van der Waals surface area contributed by atoms with Gasteiger partial charge in [-0.3, -0.25) is 4.39 Å². The molecule has 0 amide bonds. The van der Waals surface area contributed by atoms with Gasteiger partial charge in [0.15, 0.2) is 0 Å². The molecule has 0 aromatic carbocycles. The number of halogens is 1. The standard InChI is InChI=1S/C5H12FSi/c1-7(2)5-3-4-6/h3-5H2,1-2H3. The summed E-state index contributed by atoms with van der Waals surface area (Å²) in [6.07, 6.45) is 0.779. The lowest BCUT2D eigenvalue weighted by atomic mass is 10.6. The first-order valence-electron chi connectivity index (χ1n) is 2.62. The van der Waals surface area contributed by atoms with Crippen molar-refractivity contribution in [1.82, 2.24) is 0 Å². The molecule has 0 rings (SSSR count). The average molecular weight is 119 g/mol. The van der Waals surface area contributed by atoms with E-state index in [2.05, 4.69) is 13.1 Å². The van der Waals surface area contributed by atoms with Gasteiger partial charge < -0.3 is 0 Å². The Hall–Kier alpha value is 0.147. The van der Waals surface area contributed by atoms with Crippen LogP contribution in [0.3, 0.4) is 0 Å². The second kappa shape index (κ2) is 4.31. The second-order valence-corrected chi connectivity index (χ2v) is 4.91. The van der Waals surface area contributed by atoms with Crippen molar-refractivity contribution in [2.75, 3.05) is 6.67 Å². The fourth-order valence-corrected chi connectivity index (χ4v) is 1.26. The topological polar surface area (TPSA) is 0 Å². The Morgan fingerprint density at radius 2 is 2.00 bits per heavy atom. The van der Waals surface area contributed by atoms with Crippen LogP contribution in [0.2, 0.25) is 19.1 Å². The summed E-state index contributed by atoms with van der Waals surface area (Å²) < 4.78 is 11.4. The van der Waals surface area contributed by atoms with Crippen LogP contribution >= 0.6 is 0 Å². The van der Waals surface area contributed by atoms with E-state index in [1.165, 1.54) is 0 Å². The van der Waals surface area contributed by atoms with Crippen LogP contribution < -0.4 is 0 Å². The van der Waals surface area contributed by atoms with Gasteiger partial charge in [-0.15, -0.1) is 0 Å². The molecular weight excluding hydrogens is 107 g/mol. The predicted molar refractivity (Wildman–Crippen MR) is 32.9 cm³/mol. The van der Waals surface area contributed by atoms with Gasteiger partial charge in [0.25, 0.3) is 0 Å². The Kier molecular flexibility index (Phi) is 4.40. The molecular formula is C5H12FSi. The fraction of sp³-hybridized carbons (Fsp3) is 1.00. The van der Waals surface area contributed by atoms with Crippen LogP contribution in [-0.4, -0.2) is 15.5 Å². The lowest BCUT2D eigenvalue weighted by molar-refractivity contribution is 0.486. The number of alkyl halides is 1. The molecule has 0 aromatic rings. The van der Waals surface area contributed by atoms with Gasteiger partial charge in [-0.05, 0) is 6.42 Å². The lowest BCUT2D eigenvalue weighted by Gasteiger charge is -1.95. The first kappa shape index (κ1) is 7.15. The van der Waals surface area contributed by atoms with E-state index < -0.39 is 0 Å². The Labute approximate surface area is 46.3 Å². The summed E-state index contributed by atoms with van der Waals surface area (Å²) in [6.45, 7) is 4.29. The third kappa shape index (κ3) is 6.15. The van der Waals surface area contributed by atoms with Crippen LogP contribution in [-0.2, 0) is 0 Å². The third-order valence-electron chi connectivity index (χ3n) is 0.810. The van der Waals surface area contributed by atoms with Crippen molar-refractivity contribution in [3.63, 3.8) is 0 Å². The van der Waals surface area contributed by atoms with Crippen molar-refractivity contribution >= 4 is 8.80 Å². The fourth-order valence-electron chi connectivity index (χ4n) is 0.420. The van der Waals surface area contributed by atoms with E-state index in [1.807, 2.05) is 0 Å². The highest BCUT2D eigenvalue weighted by Gasteiger charge is 1.92. The van der Waals surface area contributed by atoms with Crippen LogP contribution in [0.15, 0.2) is 0 Å². The normalized spacial score (nSPS) is 10.3. The van der Waals surface area contributed by atoms with E-state index in [-0.39, 0.29) is 15.5 Å². The highest BCUT2D eigenvalue weighted by Crippen LogP contribution is 1.95. The van der Waals surface area contributed by atoms with E-state index in [1.54, 1.807) is 0 Å². The molecule has 2 heteroatoms. The van der Waals surface area contributed by atoms with Crippen LogP contribution in [0.4, 0.5) is 4.39 Å². The van der Waals surface area contributed by atoms with Crippen molar-refractivity contribution in [2.45, 2.75) is 25.6 Å². The lowest BCUT2D eigenvalue weighted by Crippen LogP contribution is -1.97.